The van der Waals surface area contributed by atoms with Crippen LogP contribution in [-0.2, 0) is 19.0 Å². The van der Waals surface area contributed by atoms with E-state index < -0.39 is 0 Å². The van der Waals surface area contributed by atoms with E-state index in [2.05, 4.69) is 103 Å². The van der Waals surface area contributed by atoms with E-state index in [0.717, 1.165) is 75.4 Å². The predicted molar refractivity (Wildman–Crippen MR) is 359 cm³/mol. The Balaban J connectivity index is 0.000000137. The highest BCUT2D eigenvalue weighted by Gasteiger charge is 2.35. The summed E-state index contributed by atoms with van der Waals surface area (Å²) in [6, 6.07) is 27.6. The van der Waals surface area contributed by atoms with Gasteiger partial charge in [-0.3, -0.25) is 24.2 Å². The number of alkyl halides is 1. The molecule has 6 unspecified atom stereocenters. The molecule has 0 saturated carbocycles. The van der Waals surface area contributed by atoms with Crippen LogP contribution in [0, 0.1) is 56.0 Å². The molecule has 3 fully saturated rings. The third kappa shape index (κ3) is 15.1. The Bertz CT molecular complexity index is 4630. The number of rotatable bonds is 11. The van der Waals surface area contributed by atoms with Crippen molar-refractivity contribution < 1.29 is 18.3 Å². The van der Waals surface area contributed by atoms with E-state index in [1.165, 1.54) is 69.6 Å². The summed E-state index contributed by atoms with van der Waals surface area (Å²) >= 11 is 5.40. The molecule has 5 N–H and O–H groups in total. The highest BCUT2D eigenvalue weighted by atomic mass is 35.5. The molecule has 0 spiro atoms. The van der Waals surface area contributed by atoms with Gasteiger partial charge in [-0.2, -0.15) is 15.3 Å². The maximum atomic E-state index is 13.9. The SMILES string of the molecule is CO.Cc1ccc(F)cc1-c1ncc2c(=O)[nH]c(C3CN(Cc4ccccc4)CC3C)nn12.Cc1ccc(F)cc1-c1ncc2c(=O)[nH]c(C3CN(Cc4ncccn4)CC3C)nn12.Cc1ccc(F)cc1-c1ncc2c(=O)[nH]c(C3CNCC3C)nn12.ClCc1ncccn1. The summed E-state index contributed by atoms with van der Waals surface area (Å²) in [5, 5.41) is 24.4. The molecule has 27 heteroatoms. The number of imidazole rings is 3. The second-order valence-electron chi connectivity index (χ2n) is 24.3. The molecule has 496 valence electrons. The van der Waals surface area contributed by atoms with E-state index in [0.29, 0.717) is 98.3 Å². The van der Waals surface area contributed by atoms with Gasteiger partial charge in [0.15, 0.2) is 34.0 Å². The van der Waals surface area contributed by atoms with E-state index in [4.69, 9.17) is 26.9 Å². The molecule has 0 aliphatic carbocycles. The first-order valence-corrected chi connectivity index (χ1v) is 32.0. The van der Waals surface area contributed by atoms with Gasteiger partial charge < -0.3 is 25.4 Å². The Morgan fingerprint density at radius 3 is 1.23 bits per heavy atom. The number of nitrogens with zero attached hydrogens (tertiary/aromatic N) is 15. The lowest BCUT2D eigenvalue weighted by molar-refractivity contribution is 0.310. The highest BCUT2D eigenvalue weighted by molar-refractivity contribution is 6.16. The topological polar surface area (TPSA) is 279 Å². The monoisotopic (exact) mass is 1320 g/mol. The minimum Gasteiger partial charge on any atom is -0.400 e. The molecule has 0 amide bonds. The lowest BCUT2D eigenvalue weighted by Gasteiger charge is -2.16. The number of hydrogen-bond acceptors (Lipinski definition) is 17. The Labute approximate surface area is 554 Å². The van der Waals surface area contributed by atoms with Crippen molar-refractivity contribution in [3.8, 4) is 34.2 Å². The molecule has 15 rings (SSSR count). The molecule has 12 aromatic rings. The van der Waals surface area contributed by atoms with Gasteiger partial charge >= 0.3 is 0 Å². The van der Waals surface area contributed by atoms with Crippen LogP contribution in [-0.4, -0.2) is 140 Å². The summed E-state index contributed by atoms with van der Waals surface area (Å²) < 4.78 is 46.0. The summed E-state index contributed by atoms with van der Waals surface area (Å²) in [7, 11) is 1.00. The first-order valence-electron chi connectivity index (χ1n) is 31.4. The van der Waals surface area contributed by atoms with Crippen molar-refractivity contribution in [3.05, 3.63) is 240 Å². The zero-order chi connectivity index (χ0) is 67.7. The third-order valence-corrected chi connectivity index (χ3v) is 17.7. The number of halogens is 4. The fraction of sp³-hybridized carbons (Fsp3) is 0.319. The zero-order valence-corrected chi connectivity index (χ0v) is 54.8. The molecule has 8 aromatic heterocycles. The van der Waals surface area contributed by atoms with Crippen LogP contribution in [0.25, 0.3) is 50.7 Å². The quantitative estimate of drug-likeness (QED) is 0.0755. The lowest BCUT2D eigenvalue weighted by atomic mass is 9.97. The Morgan fingerprint density at radius 1 is 0.469 bits per heavy atom. The van der Waals surface area contributed by atoms with Crippen LogP contribution in [0.2, 0.25) is 0 Å². The van der Waals surface area contributed by atoms with Crippen LogP contribution in [0.1, 0.15) is 89.9 Å². The number of nitrogens with one attached hydrogen (secondary N) is 4. The van der Waals surface area contributed by atoms with Gasteiger partial charge in [0.05, 0.1) is 31.0 Å². The van der Waals surface area contributed by atoms with E-state index in [1.807, 2.05) is 39.0 Å². The van der Waals surface area contributed by atoms with E-state index in [-0.39, 0.29) is 57.8 Å². The van der Waals surface area contributed by atoms with Crippen molar-refractivity contribution in [2.45, 2.75) is 78.3 Å². The molecule has 23 nitrogen and oxygen atoms in total. The van der Waals surface area contributed by atoms with Crippen molar-refractivity contribution >= 4 is 28.2 Å². The summed E-state index contributed by atoms with van der Waals surface area (Å²) in [5.41, 5.74) is 6.11. The number of benzene rings is 4. The predicted octanol–water partition coefficient (Wildman–Crippen LogP) is 9.00. The molecule has 0 bridgehead atoms. The van der Waals surface area contributed by atoms with Gasteiger partial charge in [-0.05, 0) is 116 Å². The molecule has 4 aromatic carbocycles. The van der Waals surface area contributed by atoms with Gasteiger partial charge in [-0.1, -0.05) is 69.3 Å². The molecule has 0 radical (unpaired) electrons. The summed E-state index contributed by atoms with van der Waals surface area (Å²) in [5.74, 6) is 5.40. The number of aromatic nitrogens is 16. The molecule has 11 heterocycles. The minimum absolute atomic E-state index is 0.0460. The number of H-pyrrole nitrogens is 3. The zero-order valence-electron chi connectivity index (χ0n) is 54.0. The number of aliphatic hydroxyl groups is 1. The normalized spacial score (nSPS) is 18.5. The van der Waals surface area contributed by atoms with Crippen molar-refractivity contribution in [1.82, 2.24) is 93.8 Å². The van der Waals surface area contributed by atoms with Crippen LogP contribution < -0.4 is 22.0 Å². The van der Waals surface area contributed by atoms with Crippen LogP contribution in [0.5, 0.6) is 0 Å². The molecule has 3 saturated heterocycles. The average molecular weight is 1320 g/mol. The molecule has 96 heavy (non-hydrogen) atoms. The molecular formula is C69H73ClF3N19O4. The second kappa shape index (κ2) is 30.2. The van der Waals surface area contributed by atoms with Crippen molar-refractivity contribution in [1.29, 1.82) is 0 Å². The van der Waals surface area contributed by atoms with Crippen molar-refractivity contribution in [2.75, 3.05) is 46.4 Å². The molecular weight excluding hydrogens is 1250 g/mol. The van der Waals surface area contributed by atoms with Crippen LogP contribution >= 0.6 is 11.6 Å². The molecule has 3 aliphatic heterocycles. The molecule has 6 atom stereocenters. The first kappa shape index (κ1) is 67.4. The minimum atomic E-state index is -0.356. The van der Waals surface area contributed by atoms with Gasteiger partial charge in [0, 0.05) is 106 Å². The Kier molecular flexibility index (Phi) is 21.2. The second-order valence-corrected chi connectivity index (χ2v) is 24.5. The maximum absolute atomic E-state index is 13.9. The number of fused-ring (bicyclic) bond motifs is 3. The fourth-order valence-corrected chi connectivity index (χ4v) is 12.6. The highest BCUT2D eigenvalue weighted by Crippen LogP contribution is 2.34. The number of aromatic amines is 3. The van der Waals surface area contributed by atoms with E-state index >= 15 is 0 Å². The van der Waals surface area contributed by atoms with Gasteiger partial charge in [-0.15, -0.1) is 11.6 Å². The van der Waals surface area contributed by atoms with Crippen LogP contribution in [0.15, 0.2) is 155 Å². The van der Waals surface area contributed by atoms with E-state index in [1.54, 1.807) is 59.6 Å². The van der Waals surface area contributed by atoms with Crippen LogP contribution in [0.4, 0.5) is 13.2 Å². The van der Waals surface area contributed by atoms with Gasteiger partial charge in [0.1, 0.15) is 46.6 Å². The number of likely N-dealkylation sites (tertiary alicyclic amines) is 2. The number of aliphatic hydroxyl groups excluding tert-OH is 1. The average Bonchev–Trinajstić information content (AvgIpc) is 1.61. The van der Waals surface area contributed by atoms with Crippen molar-refractivity contribution in [3.63, 3.8) is 0 Å². The van der Waals surface area contributed by atoms with Crippen molar-refractivity contribution in [2.24, 2.45) is 17.8 Å². The summed E-state index contributed by atoms with van der Waals surface area (Å²) in [6.07, 6.45) is 11.3. The Hall–Kier alpha value is -9.99. The van der Waals surface area contributed by atoms with Crippen LogP contribution in [0.3, 0.4) is 0 Å². The standard InChI is InChI=1S/C24H24FN5O.C22H22FN7O.C17H18FN5O.C5H5ClN2.CH4O/c1-15-8-9-18(25)10-19(15)23-26-11-21-24(31)27-22(28-30(21)23)20-14-29(12-16(20)2)13-17-6-4-3-5-7-17;1-13-4-5-15(23)8-16(13)21-26-9-18-22(31)27-20(28-30(18)21)17-11-29(10-14(17)2)12-19-24-6-3-7-25-19;1-9-3-4-11(18)5-12(9)16-20-8-14-17(24)21-15(22-23(14)16)13-7-19-6-10(13)2;6-4-5-7-2-1-3-8-5;1-2/h3-11,16,20H,12-14H2,1-2H3,(H,27,28,31);3-9,14,17H,10-12H2,1-2H3,(H,27,28,31);3-5,8,10,13,19H,6-7H2,1-2H3,(H,21,22,24);1-3H,4H2;2H,1H3. The number of hydrogen-bond donors (Lipinski definition) is 5. The van der Waals surface area contributed by atoms with E-state index in [9.17, 15) is 27.6 Å². The van der Waals surface area contributed by atoms with Gasteiger partial charge in [0.2, 0.25) is 0 Å². The number of aryl methyl sites for hydroxylation is 3. The third-order valence-electron chi connectivity index (χ3n) is 17.5. The fourth-order valence-electron chi connectivity index (χ4n) is 12.4. The largest absolute Gasteiger partial charge is 0.400 e. The molecule has 3 aliphatic rings. The summed E-state index contributed by atoms with van der Waals surface area (Å²) in [4.78, 5) is 80.8. The Morgan fingerprint density at radius 2 is 0.854 bits per heavy atom. The summed E-state index contributed by atoms with van der Waals surface area (Å²) in [6.45, 7) is 18.6. The smallest absolute Gasteiger partial charge is 0.276 e. The van der Waals surface area contributed by atoms with Gasteiger partial charge in [-0.25, -0.2) is 61.6 Å². The lowest BCUT2D eigenvalue weighted by Crippen LogP contribution is -2.23. The van der Waals surface area contributed by atoms with Gasteiger partial charge in [0.25, 0.3) is 16.7 Å². The maximum Gasteiger partial charge on any atom is 0.276 e. The first-order chi connectivity index (χ1) is 46.5.